The Morgan fingerprint density at radius 1 is 1.18 bits per heavy atom. The van der Waals surface area contributed by atoms with Crippen molar-refractivity contribution in [3.63, 3.8) is 0 Å². The highest BCUT2D eigenvalue weighted by atomic mass is 35.5. The molecule has 22 heavy (non-hydrogen) atoms. The number of ether oxygens (including phenoxy) is 1. The van der Waals surface area contributed by atoms with Crippen LogP contribution in [-0.2, 0) is 9.53 Å². The van der Waals surface area contributed by atoms with Crippen molar-refractivity contribution in [2.75, 3.05) is 26.3 Å². The molecule has 5 heteroatoms. The fourth-order valence-electron chi connectivity index (χ4n) is 5.34. The van der Waals surface area contributed by atoms with Crippen molar-refractivity contribution in [3.05, 3.63) is 0 Å². The third kappa shape index (κ3) is 2.78. The summed E-state index contributed by atoms with van der Waals surface area (Å²) in [7, 11) is 0. The number of rotatable bonds is 1. The standard InChI is InChI=1S/C17H28N2O2.ClH/c18-15-12-2-1-3-13(15)9-14(8-12)16(20)19-6-4-17(10-19)5-7-21-11-17;/h12-15H,1-11,18H2;1H. The lowest BCUT2D eigenvalue weighted by Gasteiger charge is -2.44. The summed E-state index contributed by atoms with van der Waals surface area (Å²) in [5.41, 5.74) is 6.64. The summed E-state index contributed by atoms with van der Waals surface area (Å²) in [6.45, 7) is 3.62. The van der Waals surface area contributed by atoms with Crippen molar-refractivity contribution in [1.82, 2.24) is 4.90 Å². The van der Waals surface area contributed by atoms with E-state index in [1.54, 1.807) is 0 Å². The molecular formula is C17H29ClN2O2. The van der Waals surface area contributed by atoms with Gasteiger partial charge in [0.2, 0.25) is 5.91 Å². The Morgan fingerprint density at radius 2 is 1.91 bits per heavy atom. The van der Waals surface area contributed by atoms with Crippen molar-refractivity contribution in [2.24, 2.45) is 28.9 Å². The van der Waals surface area contributed by atoms with Crippen LogP contribution in [0.25, 0.3) is 0 Å². The molecule has 0 radical (unpaired) electrons. The summed E-state index contributed by atoms with van der Waals surface area (Å²) < 4.78 is 5.58. The molecule has 4 rings (SSSR count). The highest BCUT2D eigenvalue weighted by Gasteiger charge is 2.46. The molecule has 2 bridgehead atoms. The van der Waals surface area contributed by atoms with Gasteiger partial charge in [-0.1, -0.05) is 6.42 Å². The lowest BCUT2D eigenvalue weighted by molar-refractivity contribution is -0.138. The number of likely N-dealkylation sites (tertiary alicyclic amines) is 1. The molecule has 1 spiro atoms. The van der Waals surface area contributed by atoms with Crippen LogP contribution in [0.3, 0.4) is 0 Å². The highest BCUT2D eigenvalue weighted by molar-refractivity contribution is 5.85. The van der Waals surface area contributed by atoms with Crippen molar-refractivity contribution in [3.8, 4) is 0 Å². The molecule has 126 valence electrons. The van der Waals surface area contributed by atoms with Gasteiger partial charge >= 0.3 is 0 Å². The van der Waals surface area contributed by atoms with E-state index in [2.05, 4.69) is 4.90 Å². The van der Waals surface area contributed by atoms with E-state index in [0.717, 1.165) is 52.0 Å². The first kappa shape index (κ1) is 16.5. The molecule has 0 aromatic rings. The lowest BCUT2D eigenvalue weighted by Crippen LogP contribution is -2.49. The molecule has 0 aromatic carbocycles. The van der Waals surface area contributed by atoms with Crippen LogP contribution in [-0.4, -0.2) is 43.2 Å². The first-order chi connectivity index (χ1) is 10.2. The minimum Gasteiger partial charge on any atom is -0.381 e. The van der Waals surface area contributed by atoms with Crippen LogP contribution in [0.1, 0.15) is 44.9 Å². The summed E-state index contributed by atoms with van der Waals surface area (Å²) in [5.74, 6) is 1.86. The topological polar surface area (TPSA) is 55.6 Å². The number of nitrogens with zero attached hydrogens (tertiary/aromatic N) is 1. The number of carbonyl (C=O) groups is 1. The SMILES string of the molecule is Cl.NC1C2CCCC1CC(C(=O)N1CCC3(CCOC3)C1)C2. The Bertz CT molecular complexity index is 411. The molecule has 1 amide bonds. The van der Waals surface area contributed by atoms with Gasteiger partial charge in [-0.2, -0.15) is 0 Å². The highest BCUT2D eigenvalue weighted by Crippen LogP contribution is 2.44. The maximum atomic E-state index is 12.9. The molecule has 3 unspecified atom stereocenters. The maximum absolute atomic E-state index is 12.9. The Labute approximate surface area is 139 Å². The molecule has 2 N–H and O–H groups in total. The number of halogens is 1. The molecule has 4 nitrogen and oxygen atoms in total. The van der Waals surface area contributed by atoms with E-state index < -0.39 is 0 Å². The van der Waals surface area contributed by atoms with Crippen molar-refractivity contribution in [1.29, 1.82) is 0 Å². The minimum absolute atomic E-state index is 0. The van der Waals surface area contributed by atoms with Crippen LogP contribution in [0.2, 0.25) is 0 Å². The van der Waals surface area contributed by atoms with Crippen LogP contribution in [0, 0.1) is 23.2 Å². The number of nitrogens with two attached hydrogens (primary N) is 1. The predicted octanol–water partition coefficient (Wildman–Crippen LogP) is 2.20. The van der Waals surface area contributed by atoms with Crippen molar-refractivity contribution < 1.29 is 9.53 Å². The van der Waals surface area contributed by atoms with Gasteiger partial charge in [-0.3, -0.25) is 4.79 Å². The Kier molecular flexibility index (Phi) is 4.73. The van der Waals surface area contributed by atoms with Gasteiger partial charge in [-0.05, 0) is 50.4 Å². The molecule has 2 aliphatic carbocycles. The van der Waals surface area contributed by atoms with Gasteiger partial charge in [0.15, 0.2) is 0 Å². The maximum Gasteiger partial charge on any atom is 0.225 e. The number of amides is 1. The number of hydrogen-bond donors (Lipinski definition) is 1. The quantitative estimate of drug-likeness (QED) is 0.803. The Balaban J connectivity index is 0.00000144. The second-order valence-corrected chi connectivity index (χ2v) is 8.01. The van der Waals surface area contributed by atoms with Crippen LogP contribution in [0.4, 0.5) is 0 Å². The Hall–Kier alpha value is -0.320. The van der Waals surface area contributed by atoms with Gasteiger partial charge in [0.1, 0.15) is 0 Å². The molecule has 4 fully saturated rings. The van der Waals surface area contributed by atoms with E-state index >= 15 is 0 Å². The molecule has 4 aliphatic rings. The van der Waals surface area contributed by atoms with Crippen LogP contribution < -0.4 is 5.73 Å². The van der Waals surface area contributed by atoms with E-state index in [4.69, 9.17) is 10.5 Å². The average molecular weight is 329 g/mol. The summed E-state index contributed by atoms with van der Waals surface area (Å²) in [6, 6.07) is 0.357. The summed E-state index contributed by atoms with van der Waals surface area (Å²) >= 11 is 0. The van der Waals surface area contributed by atoms with Crippen molar-refractivity contribution in [2.45, 2.75) is 51.0 Å². The number of fused-ring (bicyclic) bond motifs is 2. The molecule has 0 aromatic heterocycles. The zero-order valence-corrected chi connectivity index (χ0v) is 14.2. The van der Waals surface area contributed by atoms with Gasteiger partial charge in [0, 0.05) is 37.1 Å². The zero-order chi connectivity index (χ0) is 14.4. The van der Waals surface area contributed by atoms with Gasteiger partial charge in [-0.15, -0.1) is 12.4 Å². The summed E-state index contributed by atoms with van der Waals surface area (Å²) in [4.78, 5) is 15.1. The molecule has 2 saturated heterocycles. The normalized spacial score (nSPS) is 44.1. The molecule has 2 aliphatic heterocycles. The average Bonchev–Trinajstić information content (AvgIpc) is 3.09. The summed E-state index contributed by atoms with van der Waals surface area (Å²) in [5, 5.41) is 0. The molecular weight excluding hydrogens is 300 g/mol. The van der Waals surface area contributed by atoms with Gasteiger partial charge < -0.3 is 15.4 Å². The number of carbonyl (C=O) groups excluding carboxylic acids is 1. The van der Waals surface area contributed by atoms with Gasteiger partial charge in [0.25, 0.3) is 0 Å². The smallest absolute Gasteiger partial charge is 0.225 e. The first-order valence-electron chi connectivity index (χ1n) is 8.79. The molecule has 2 heterocycles. The van der Waals surface area contributed by atoms with E-state index in [-0.39, 0.29) is 23.7 Å². The van der Waals surface area contributed by atoms with Crippen LogP contribution in [0.15, 0.2) is 0 Å². The number of hydrogen-bond acceptors (Lipinski definition) is 3. The van der Waals surface area contributed by atoms with E-state index in [9.17, 15) is 4.79 Å². The predicted molar refractivity (Wildman–Crippen MR) is 87.8 cm³/mol. The molecule has 3 atom stereocenters. The van der Waals surface area contributed by atoms with E-state index in [0.29, 0.717) is 23.8 Å². The third-order valence-electron chi connectivity index (χ3n) is 6.70. The van der Waals surface area contributed by atoms with E-state index in [1.807, 2.05) is 0 Å². The fourth-order valence-corrected chi connectivity index (χ4v) is 5.34. The second-order valence-electron chi connectivity index (χ2n) is 8.01. The fraction of sp³-hybridized carbons (Fsp3) is 0.941. The lowest BCUT2D eigenvalue weighted by atomic mass is 9.65. The Morgan fingerprint density at radius 3 is 2.55 bits per heavy atom. The zero-order valence-electron chi connectivity index (χ0n) is 13.3. The third-order valence-corrected chi connectivity index (χ3v) is 6.70. The van der Waals surface area contributed by atoms with E-state index in [1.165, 1.54) is 19.3 Å². The largest absolute Gasteiger partial charge is 0.381 e. The van der Waals surface area contributed by atoms with Gasteiger partial charge in [-0.25, -0.2) is 0 Å². The van der Waals surface area contributed by atoms with Crippen LogP contribution >= 0.6 is 12.4 Å². The minimum atomic E-state index is 0. The monoisotopic (exact) mass is 328 g/mol. The van der Waals surface area contributed by atoms with Crippen LogP contribution in [0.5, 0.6) is 0 Å². The van der Waals surface area contributed by atoms with Gasteiger partial charge in [0.05, 0.1) is 6.61 Å². The second kappa shape index (κ2) is 6.29. The summed E-state index contributed by atoms with van der Waals surface area (Å²) in [6.07, 6.45) is 8.13. The van der Waals surface area contributed by atoms with Crippen molar-refractivity contribution >= 4 is 18.3 Å². The first-order valence-corrected chi connectivity index (χ1v) is 8.79. The molecule has 2 saturated carbocycles.